The van der Waals surface area contributed by atoms with Gasteiger partial charge in [-0.1, -0.05) is 18.2 Å². The number of carbonyl (C=O) groups is 1. The number of hydrogen-bond acceptors (Lipinski definition) is 4. The number of nitrogens with one attached hydrogen (secondary N) is 1. The van der Waals surface area contributed by atoms with Gasteiger partial charge in [0.15, 0.2) is 0 Å². The summed E-state index contributed by atoms with van der Waals surface area (Å²) in [6.45, 7) is 3.21. The zero-order valence-electron chi connectivity index (χ0n) is 15.6. The van der Waals surface area contributed by atoms with Gasteiger partial charge < -0.3 is 15.0 Å². The van der Waals surface area contributed by atoms with Crippen LogP contribution in [0.5, 0.6) is 0 Å². The Kier molecular flexibility index (Phi) is 5.80. The molecule has 0 radical (unpaired) electrons. The maximum Gasteiger partial charge on any atom is 0.253 e. The second-order valence-corrected chi connectivity index (χ2v) is 7.56. The highest BCUT2D eigenvalue weighted by molar-refractivity contribution is 5.94. The maximum atomic E-state index is 12.6. The monoisotopic (exact) mass is 365 g/mol. The van der Waals surface area contributed by atoms with Crippen molar-refractivity contribution in [3.8, 4) is 0 Å². The molecular formula is C22H27N3O2. The molecule has 5 heteroatoms. The van der Waals surface area contributed by atoms with Crippen molar-refractivity contribution in [3.63, 3.8) is 0 Å². The molecule has 1 N–H and O–H groups in total. The van der Waals surface area contributed by atoms with Gasteiger partial charge in [0.2, 0.25) is 0 Å². The van der Waals surface area contributed by atoms with E-state index in [0.29, 0.717) is 18.0 Å². The minimum atomic E-state index is 0.147. The van der Waals surface area contributed by atoms with E-state index in [2.05, 4.69) is 22.4 Å². The minimum Gasteiger partial charge on any atom is -0.379 e. The fourth-order valence-corrected chi connectivity index (χ4v) is 4.12. The predicted octanol–water partition coefficient (Wildman–Crippen LogP) is 2.53. The van der Waals surface area contributed by atoms with Crippen LogP contribution in [-0.2, 0) is 11.2 Å². The molecule has 3 heterocycles. The summed E-state index contributed by atoms with van der Waals surface area (Å²) >= 11 is 0. The molecule has 2 aliphatic rings. The van der Waals surface area contributed by atoms with Crippen LogP contribution < -0.4 is 5.32 Å². The lowest BCUT2D eigenvalue weighted by atomic mass is 9.93. The van der Waals surface area contributed by atoms with Gasteiger partial charge in [0, 0.05) is 49.0 Å². The van der Waals surface area contributed by atoms with E-state index in [0.717, 1.165) is 51.1 Å². The Balaban J connectivity index is 1.28. The molecule has 27 heavy (non-hydrogen) atoms. The van der Waals surface area contributed by atoms with Crippen molar-refractivity contribution >= 4 is 5.91 Å². The normalized spacial score (nSPS) is 23.5. The lowest BCUT2D eigenvalue weighted by molar-refractivity contribution is 0.0699. The Bertz CT molecular complexity index is 730. The highest BCUT2D eigenvalue weighted by Crippen LogP contribution is 2.22. The van der Waals surface area contributed by atoms with Crippen LogP contribution in [-0.4, -0.2) is 54.2 Å². The van der Waals surface area contributed by atoms with Gasteiger partial charge in [0.25, 0.3) is 5.91 Å². The van der Waals surface area contributed by atoms with E-state index >= 15 is 0 Å². The standard InChI is InChI=1S/C22H27N3O2/c26-22(18-4-2-1-3-5-18)25-12-8-20(9-13-25)24-21-16-27-15-19(21)14-17-6-10-23-11-7-17/h1-7,10-11,19-21,24H,8-9,12-16H2/t19-,21+/m1/s1. The van der Waals surface area contributed by atoms with Crippen LogP contribution in [0.15, 0.2) is 54.9 Å². The van der Waals surface area contributed by atoms with Crippen molar-refractivity contribution in [2.75, 3.05) is 26.3 Å². The number of hydrogen-bond donors (Lipinski definition) is 1. The Morgan fingerprint density at radius 1 is 1.07 bits per heavy atom. The molecule has 2 saturated heterocycles. The molecule has 1 amide bonds. The molecule has 2 fully saturated rings. The summed E-state index contributed by atoms with van der Waals surface area (Å²) in [7, 11) is 0. The van der Waals surface area contributed by atoms with Gasteiger partial charge in [0.05, 0.1) is 13.2 Å². The van der Waals surface area contributed by atoms with Crippen molar-refractivity contribution < 1.29 is 9.53 Å². The quantitative estimate of drug-likeness (QED) is 0.885. The fourth-order valence-electron chi connectivity index (χ4n) is 4.12. The highest BCUT2D eigenvalue weighted by Gasteiger charge is 2.32. The van der Waals surface area contributed by atoms with Crippen LogP contribution in [0.2, 0.25) is 0 Å². The summed E-state index contributed by atoms with van der Waals surface area (Å²) in [5.41, 5.74) is 2.10. The van der Waals surface area contributed by atoms with Gasteiger partial charge >= 0.3 is 0 Å². The summed E-state index contributed by atoms with van der Waals surface area (Å²) in [6, 6.07) is 14.6. The van der Waals surface area contributed by atoms with Gasteiger partial charge in [0.1, 0.15) is 0 Å². The number of amides is 1. The average Bonchev–Trinajstić information content (AvgIpc) is 3.16. The Morgan fingerprint density at radius 2 is 1.81 bits per heavy atom. The molecule has 142 valence electrons. The molecule has 0 spiro atoms. The molecule has 0 aliphatic carbocycles. The average molecular weight is 365 g/mol. The molecule has 0 unspecified atom stereocenters. The number of likely N-dealkylation sites (tertiary alicyclic amines) is 1. The third-order valence-corrected chi connectivity index (χ3v) is 5.70. The van der Waals surface area contributed by atoms with E-state index in [9.17, 15) is 4.79 Å². The lowest BCUT2D eigenvalue weighted by Gasteiger charge is -2.34. The number of pyridine rings is 1. The number of carbonyl (C=O) groups excluding carboxylic acids is 1. The summed E-state index contributed by atoms with van der Waals surface area (Å²) in [4.78, 5) is 18.7. The molecular weight excluding hydrogens is 338 g/mol. The van der Waals surface area contributed by atoms with Crippen LogP contribution in [0, 0.1) is 5.92 Å². The first-order valence-corrected chi connectivity index (χ1v) is 9.86. The maximum absolute atomic E-state index is 12.6. The van der Waals surface area contributed by atoms with E-state index in [1.165, 1.54) is 5.56 Å². The number of ether oxygens (including phenoxy) is 1. The third kappa shape index (κ3) is 4.54. The van der Waals surface area contributed by atoms with Crippen LogP contribution in [0.25, 0.3) is 0 Å². The topological polar surface area (TPSA) is 54.5 Å². The van der Waals surface area contributed by atoms with E-state index in [1.54, 1.807) is 0 Å². The first kappa shape index (κ1) is 18.1. The van der Waals surface area contributed by atoms with Crippen molar-refractivity contribution in [2.45, 2.75) is 31.3 Å². The molecule has 4 rings (SSSR count). The zero-order valence-corrected chi connectivity index (χ0v) is 15.6. The van der Waals surface area contributed by atoms with Crippen LogP contribution in [0.1, 0.15) is 28.8 Å². The number of nitrogens with zero attached hydrogens (tertiary/aromatic N) is 2. The van der Waals surface area contributed by atoms with Crippen LogP contribution >= 0.6 is 0 Å². The minimum absolute atomic E-state index is 0.147. The smallest absolute Gasteiger partial charge is 0.253 e. The van der Waals surface area contributed by atoms with Gasteiger partial charge in [-0.25, -0.2) is 0 Å². The summed E-state index contributed by atoms with van der Waals surface area (Å²) < 4.78 is 5.76. The van der Waals surface area contributed by atoms with E-state index in [4.69, 9.17) is 4.74 Å². The highest BCUT2D eigenvalue weighted by atomic mass is 16.5. The number of benzene rings is 1. The largest absolute Gasteiger partial charge is 0.379 e. The van der Waals surface area contributed by atoms with Crippen molar-refractivity contribution in [1.82, 2.24) is 15.2 Å². The molecule has 2 aliphatic heterocycles. The number of aromatic nitrogens is 1. The zero-order chi connectivity index (χ0) is 18.5. The molecule has 2 atom stereocenters. The number of piperidine rings is 1. The molecule has 1 aromatic carbocycles. The lowest BCUT2D eigenvalue weighted by Crippen LogP contribution is -2.49. The molecule has 1 aromatic heterocycles. The Morgan fingerprint density at radius 3 is 2.56 bits per heavy atom. The van der Waals surface area contributed by atoms with E-state index in [1.807, 2.05) is 47.6 Å². The second-order valence-electron chi connectivity index (χ2n) is 7.56. The first-order chi connectivity index (χ1) is 13.3. The Hall–Kier alpha value is -2.24. The SMILES string of the molecule is O=C(c1ccccc1)N1CCC(N[C@H]2COC[C@H]2Cc2ccncc2)CC1. The van der Waals surface area contributed by atoms with Crippen LogP contribution in [0.4, 0.5) is 0 Å². The third-order valence-electron chi connectivity index (χ3n) is 5.70. The molecule has 2 aromatic rings. The predicted molar refractivity (Wildman–Crippen MR) is 105 cm³/mol. The Labute approximate surface area is 160 Å². The molecule has 0 bridgehead atoms. The molecule has 5 nitrogen and oxygen atoms in total. The summed E-state index contributed by atoms with van der Waals surface area (Å²) in [5, 5.41) is 3.81. The van der Waals surface area contributed by atoms with Crippen molar-refractivity contribution in [1.29, 1.82) is 0 Å². The van der Waals surface area contributed by atoms with E-state index < -0.39 is 0 Å². The first-order valence-electron chi connectivity index (χ1n) is 9.86. The van der Waals surface area contributed by atoms with Gasteiger partial charge in [-0.3, -0.25) is 9.78 Å². The fraction of sp³-hybridized carbons (Fsp3) is 0.455. The van der Waals surface area contributed by atoms with Crippen molar-refractivity contribution in [2.24, 2.45) is 5.92 Å². The van der Waals surface area contributed by atoms with E-state index in [-0.39, 0.29) is 5.91 Å². The summed E-state index contributed by atoms with van der Waals surface area (Å²) in [6.07, 6.45) is 6.72. The van der Waals surface area contributed by atoms with Gasteiger partial charge in [-0.2, -0.15) is 0 Å². The molecule has 0 saturated carbocycles. The van der Waals surface area contributed by atoms with Gasteiger partial charge in [-0.15, -0.1) is 0 Å². The van der Waals surface area contributed by atoms with Crippen LogP contribution in [0.3, 0.4) is 0 Å². The van der Waals surface area contributed by atoms with Gasteiger partial charge in [-0.05, 0) is 49.1 Å². The second kappa shape index (κ2) is 8.63. The summed E-state index contributed by atoms with van der Waals surface area (Å²) in [5.74, 6) is 0.644. The number of rotatable bonds is 5. The van der Waals surface area contributed by atoms with Crippen molar-refractivity contribution in [3.05, 3.63) is 66.0 Å².